The van der Waals surface area contributed by atoms with Crippen molar-refractivity contribution in [3.63, 3.8) is 0 Å². The summed E-state index contributed by atoms with van der Waals surface area (Å²) in [4.78, 5) is 26.9. The molecule has 1 aliphatic heterocycles. The zero-order chi connectivity index (χ0) is 21.8. The molecule has 0 unspecified atom stereocenters. The number of ether oxygens (including phenoxy) is 2. The van der Waals surface area contributed by atoms with Crippen LogP contribution in [0.25, 0.3) is 0 Å². The average Bonchev–Trinajstić information content (AvgIpc) is 2.72. The van der Waals surface area contributed by atoms with Gasteiger partial charge in [-0.3, -0.25) is 4.90 Å². The monoisotopic (exact) mass is 468 g/mol. The van der Waals surface area contributed by atoms with Gasteiger partial charge in [0.1, 0.15) is 12.4 Å². The largest absolute Gasteiger partial charge is 0.486 e. The van der Waals surface area contributed by atoms with Gasteiger partial charge in [-0.2, -0.15) is 0 Å². The molecule has 1 atom stereocenters. The van der Waals surface area contributed by atoms with Crippen LogP contribution in [-0.4, -0.2) is 37.2 Å². The first-order valence-corrected chi connectivity index (χ1v) is 10.2. The van der Waals surface area contributed by atoms with Crippen LogP contribution in [-0.2, 0) is 9.53 Å². The Labute approximate surface area is 189 Å². The van der Waals surface area contributed by atoms with E-state index >= 15 is 0 Å². The molecule has 3 rings (SSSR count). The molecule has 30 heavy (non-hydrogen) atoms. The van der Waals surface area contributed by atoms with Crippen LogP contribution in [0.5, 0.6) is 5.75 Å². The van der Waals surface area contributed by atoms with Crippen LogP contribution in [0, 0.1) is 0 Å². The second kappa shape index (κ2) is 9.60. The smallest absolute Gasteiger partial charge is 0.338 e. The van der Waals surface area contributed by atoms with E-state index in [2.05, 4.69) is 5.32 Å². The number of likely N-dealkylation sites (N-methyl/N-ethyl adjacent to an activating group) is 1. The van der Waals surface area contributed by atoms with Gasteiger partial charge >= 0.3 is 12.0 Å². The van der Waals surface area contributed by atoms with Crippen molar-refractivity contribution in [2.75, 3.05) is 20.3 Å². The van der Waals surface area contributed by atoms with E-state index in [0.717, 1.165) is 0 Å². The number of nitrogens with zero attached hydrogens (tertiary/aromatic N) is 1. The summed E-state index contributed by atoms with van der Waals surface area (Å²) in [5.41, 5.74) is 1.01. The van der Waals surface area contributed by atoms with Gasteiger partial charge in [-0.25, -0.2) is 9.59 Å². The van der Waals surface area contributed by atoms with Gasteiger partial charge in [-0.05, 0) is 30.7 Å². The van der Waals surface area contributed by atoms with Crippen LogP contribution >= 0.6 is 34.8 Å². The molecule has 9 heteroatoms. The number of carbonyl (C=O) groups is 2. The van der Waals surface area contributed by atoms with E-state index < -0.39 is 18.0 Å². The zero-order valence-electron chi connectivity index (χ0n) is 16.2. The van der Waals surface area contributed by atoms with Crippen molar-refractivity contribution in [2.24, 2.45) is 0 Å². The van der Waals surface area contributed by atoms with Gasteiger partial charge in [0, 0.05) is 7.05 Å². The van der Waals surface area contributed by atoms with Crippen molar-refractivity contribution in [1.82, 2.24) is 10.2 Å². The molecule has 6 nitrogen and oxygen atoms in total. The maximum absolute atomic E-state index is 12.9. The molecule has 1 N–H and O–H groups in total. The molecule has 0 aliphatic carbocycles. The van der Waals surface area contributed by atoms with Crippen LogP contribution in [0.15, 0.2) is 53.7 Å². The first kappa shape index (κ1) is 22.3. The third kappa shape index (κ3) is 4.51. The summed E-state index contributed by atoms with van der Waals surface area (Å²) in [6, 6.07) is 10.6. The highest BCUT2D eigenvalue weighted by atomic mass is 35.5. The van der Waals surface area contributed by atoms with Crippen molar-refractivity contribution in [2.45, 2.75) is 13.0 Å². The number of hydrogen-bond donors (Lipinski definition) is 1. The number of esters is 1. The molecular weight excluding hydrogens is 451 g/mol. The lowest BCUT2D eigenvalue weighted by molar-refractivity contribution is -0.139. The fraction of sp³-hybridized carbons (Fsp3) is 0.238. The third-order valence-corrected chi connectivity index (χ3v) is 5.71. The highest BCUT2D eigenvalue weighted by Gasteiger charge is 2.38. The van der Waals surface area contributed by atoms with Crippen molar-refractivity contribution >= 4 is 46.8 Å². The van der Waals surface area contributed by atoms with Crippen molar-refractivity contribution in [1.29, 1.82) is 0 Å². The quantitative estimate of drug-likeness (QED) is 0.588. The normalized spacial score (nSPS) is 16.4. The fourth-order valence-corrected chi connectivity index (χ4v) is 3.67. The lowest BCUT2D eigenvalue weighted by Crippen LogP contribution is -2.48. The summed E-state index contributed by atoms with van der Waals surface area (Å²) in [6.45, 7) is 1.77. The zero-order valence-corrected chi connectivity index (χ0v) is 18.5. The minimum absolute atomic E-state index is 0.0868. The second-order valence-electron chi connectivity index (χ2n) is 6.38. The maximum atomic E-state index is 12.9. The van der Waals surface area contributed by atoms with Gasteiger partial charge in [0.15, 0.2) is 0 Å². The molecule has 158 valence electrons. The minimum atomic E-state index is -0.858. The first-order chi connectivity index (χ1) is 14.3. The number of para-hydroxylation sites is 1. The van der Waals surface area contributed by atoms with Gasteiger partial charge in [0.25, 0.3) is 0 Å². The Balaban J connectivity index is 2.09. The number of rotatable bonds is 6. The molecule has 1 heterocycles. The number of amides is 2. The third-order valence-electron chi connectivity index (χ3n) is 4.57. The lowest BCUT2D eigenvalue weighted by Gasteiger charge is -2.34. The number of halogens is 3. The van der Waals surface area contributed by atoms with Crippen LogP contribution in [0.1, 0.15) is 18.5 Å². The van der Waals surface area contributed by atoms with E-state index in [4.69, 9.17) is 44.3 Å². The van der Waals surface area contributed by atoms with Gasteiger partial charge in [0.05, 0.1) is 39.0 Å². The Morgan fingerprint density at radius 3 is 2.50 bits per heavy atom. The Hall–Kier alpha value is -2.41. The molecule has 1 aliphatic rings. The Morgan fingerprint density at radius 2 is 1.80 bits per heavy atom. The van der Waals surface area contributed by atoms with Crippen molar-refractivity contribution in [3.8, 4) is 5.75 Å². The summed E-state index contributed by atoms with van der Waals surface area (Å²) < 4.78 is 11.1. The predicted molar refractivity (Wildman–Crippen MR) is 116 cm³/mol. The molecule has 0 saturated carbocycles. The molecule has 0 bridgehead atoms. The van der Waals surface area contributed by atoms with Crippen molar-refractivity contribution < 1.29 is 19.1 Å². The maximum Gasteiger partial charge on any atom is 0.338 e. The van der Waals surface area contributed by atoms with Gasteiger partial charge in [-0.1, -0.05) is 59.1 Å². The van der Waals surface area contributed by atoms with Gasteiger partial charge < -0.3 is 14.8 Å². The van der Waals surface area contributed by atoms with E-state index in [1.807, 2.05) is 0 Å². The molecule has 2 aromatic carbocycles. The fourth-order valence-electron chi connectivity index (χ4n) is 3.07. The highest BCUT2D eigenvalue weighted by molar-refractivity contribution is 6.42. The highest BCUT2D eigenvalue weighted by Crippen LogP contribution is 2.37. The Bertz CT molecular complexity index is 1010. The summed E-state index contributed by atoms with van der Waals surface area (Å²) in [6.07, 6.45) is 0. The first-order valence-electron chi connectivity index (χ1n) is 9.10. The molecule has 0 aromatic heterocycles. The van der Waals surface area contributed by atoms with Crippen LogP contribution < -0.4 is 10.1 Å². The molecular formula is C21H19Cl3N2O4. The average molecular weight is 470 g/mol. The summed E-state index contributed by atoms with van der Waals surface area (Å²) in [5, 5.41) is 3.74. The molecule has 0 radical (unpaired) electrons. The lowest BCUT2D eigenvalue weighted by atomic mass is 9.94. The number of benzene rings is 2. The number of hydrogen-bond acceptors (Lipinski definition) is 4. The summed E-state index contributed by atoms with van der Waals surface area (Å²) in [7, 11) is 1.54. The van der Waals surface area contributed by atoms with Crippen molar-refractivity contribution in [3.05, 3.63) is 74.4 Å². The van der Waals surface area contributed by atoms with E-state index in [0.29, 0.717) is 27.1 Å². The van der Waals surface area contributed by atoms with Crippen LogP contribution in [0.4, 0.5) is 4.79 Å². The van der Waals surface area contributed by atoms with E-state index in [1.165, 1.54) is 11.9 Å². The van der Waals surface area contributed by atoms with Crippen LogP contribution in [0.2, 0.25) is 15.1 Å². The Kier molecular flexibility index (Phi) is 7.13. The van der Waals surface area contributed by atoms with Gasteiger partial charge in [-0.15, -0.1) is 0 Å². The predicted octanol–water partition coefficient (Wildman–Crippen LogP) is 5.24. The molecule has 0 spiro atoms. The molecule has 2 aromatic rings. The van der Waals surface area contributed by atoms with E-state index in [9.17, 15) is 9.59 Å². The minimum Gasteiger partial charge on any atom is -0.486 e. The second-order valence-corrected chi connectivity index (χ2v) is 7.58. The Morgan fingerprint density at radius 1 is 1.10 bits per heavy atom. The van der Waals surface area contributed by atoms with Gasteiger partial charge in [0.2, 0.25) is 0 Å². The molecule has 0 fully saturated rings. The topological polar surface area (TPSA) is 67.9 Å². The van der Waals surface area contributed by atoms with Crippen LogP contribution in [0.3, 0.4) is 0 Å². The standard InChI is InChI=1S/C21H19Cl3N2O4/c1-3-29-20(27)17-15(11-30-16-10-5-4-8-13(16)22)26(2)21(28)25-19(17)12-7-6-9-14(23)18(12)24/h4-10,19H,3,11H2,1-2H3,(H,25,28)/t19-/m1/s1. The van der Waals surface area contributed by atoms with E-state index in [-0.39, 0.29) is 23.8 Å². The number of urea groups is 1. The number of nitrogens with one attached hydrogen (secondary N) is 1. The molecule has 2 amide bonds. The van der Waals surface area contributed by atoms with E-state index in [1.54, 1.807) is 49.4 Å². The summed E-state index contributed by atoms with van der Waals surface area (Å²) >= 11 is 18.7. The summed E-state index contributed by atoms with van der Waals surface area (Å²) in [5.74, 6) is -0.172. The molecule has 0 saturated heterocycles. The number of carbonyl (C=O) groups excluding carboxylic acids is 2. The SMILES string of the molecule is CCOC(=O)C1=C(COc2ccccc2Cl)N(C)C(=O)N[C@@H]1c1cccc(Cl)c1Cl.